The second-order valence-electron chi connectivity index (χ2n) is 5.51. The van der Waals surface area contributed by atoms with Gasteiger partial charge in [-0.25, -0.2) is 0 Å². The fourth-order valence-corrected chi connectivity index (χ4v) is 1.70. The number of hydroxylamine groups is 1. The number of amidine groups is 1. The van der Waals surface area contributed by atoms with Crippen molar-refractivity contribution in [1.82, 2.24) is 10.5 Å². The third kappa shape index (κ3) is 4.97. The number of hydrogen-bond donors (Lipinski definition) is 3. The van der Waals surface area contributed by atoms with Gasteiger partial charge in [-0.15, -0.1) is 0 Å². The van der Waals surface area contributed by atoms with Crippen LogP contribution in [0, 0.1) is 12.3 Å². The SMILES string of the molecule is Cc1nc(CCC(=O)OC(C)(C)C)ccc1C(=N)NO. The van der Waals surface area contributed by atoms with Crippen LogP contribution < -0.4 is 5.48 Å². The molecule has 0 spiro atoms. The lowest BCUT2D eigenvalue weighted by molar-refractivity contribution is -0.154. The summed E-state index contributed by atoms with van der Waals surface area (Å²) in [5, 5.41) is 16.2. The molecule has 0 unspecified atom stereocenters. The monoisotopic (exact) mass is 279 g/mol. The van der Waals surface area contributed by atoms with Crippen LogP contribution in [0.4, 0.5) is 0 Å². The smallest absolute Gasteiger partial charge is 0.306 e. The van der Waals surface area contributed by atoms with Crippen molar-refractivity contribution in [3.63, 3.8) is 0 Å². The minimum Gasteiger partial charge on any atom is -0.460 e. The van der Waals surface area contributed by atoms with Gasteiger partial charge in [0, 0.05) is 23.4 Å². The Hall–Kier alpha value is -1.95. The van der Waals surface area contributed by atoms with Gasteiger partial charge in [0.15, 0.2) is 5.84 Å². The summed E-state index contributed by atoms with van der Waals surface area (Å²) in [7, 11) is 0. The van der Waals surface area contributed by atoms with E-state index in [4.69, 9.17) is 15.4 Å². The highest BCUT2D eigenvalue weighted by Crippen LogP contribution is 2.11. The summed E-state index contributed by atoms with van der Waals surface area (Å²) in [5.41, 5.74) is 3.20. The highest BCUT2D eigenvalue weighted by Gasteiger charge is 2.16. The molecule has 0 aliphatic carbocycles. The molecular weight excluding hydrogens is 258 g/mol. The van der Waals surface area contributed by atoms with Gasteiger partial charge in [0.05, 0.1) is 6.42 Å². The van der Waals surface area contributed by atoms with Gasteiger partial charge < -0.3 is 4.74 Å². The zero-order chi connectivity index (χ0) is 15.3. The predicted octanol–water partition coefficient (Wildman–Crippen LogP) is 1.97. The van der Waals surface area contributed by atoms with Crippen molar-refractivity contribution in [2.24, 2.45) is 0 Å². The molecule has 3 N–H and O–H groups in total. The number of carbonyl (C=O) groups excluding carboxylic acids is 1. The lowest BCUT2D eigenvalue weighted by Crippen LogP contribution is -2.24. The summed E-state index contributed by atoms with van der Waals surface area (Å²) in [6.45, 7) is 7.24. The second kappa shape index (κ2) is 6.47. The molecule has 0 aliphatic rings. The van der Waals surface area contributed by atoms with Crippen molar-refractivity contribution in [3.8, 4) is 0 Å². The topological polar surface area (TPSA) is 95.3 Å². The summed E-state index contributed by atoms with van der Waals surface area (Å²) in [5.74, 6) is -0.362. The number of pyridine rings is 1. The van der Waals surface area contributed by atoms with Crippen LogP contribution in [0.1, 0.15) is 44.1 Å². The van der Waals surface area contributed by atoms with Crippen LogP contribution >= 0.6 is 0 Å². The number of nitrogens with one attached hydrogen (secondary N) is 2. The Bertz CT molecular complexity index is 507. The van der Waals surface area contributed by atoms with Crippen molar-refractivity contribution < 1.29 is 14.7 Å². The average molecular weight is 279 g/mol. The van der Waals surface area contributed by atoms with Gasteiger partial charge in [-0.2, -0.15) is 0 Å². The third-order valence-corrected chi connectivity index (χ3v) is 2.53. The van der Waals surface area contributed by atoms with E-state index in [9.17, 15) is 4.79 Å². The number of ether oxygens (including phenoxy) is 1. The van der Waals surface area contributed by atoms with Gasteiger partial charge in [-0.1, -0.05) is 0 Å². The molecule has 0 radical (unpaired) electrons. The summed E-state index contributed by atoms with van der Waals surface area (Å²) in [6, 6.07) is 3.43. The minimum atomic E-state index is -0.480. The van der Waals surface area contributed by atoms with Gasteiger partial charge >= 0.3 is 5.97 Å². The fraction of sp³-hybridized carbons (Fsp3) is 0.500. The van der Waals surface area contributed by atoms with E-state index in [1.807, 2.05) is 20.8 Å². The summed E-state index contributed by atoms with van der Waals surface area (Å²) in [6.07, 6.45) is 0.745. The Balaban J connectivity index is 2.64. The number of hydrogen-bond acceptors (Lipinski definition) is 5. The molecule has 0 bridgehead atoms. The van der Waals surface area contributed by atoms with Crippen molar-refractivity contribution in [2.45, 2.75) is 46.1 Å². The Labute approximate surface area is 118 Å². The molecule has 20 heavy (non-hydrogen) atoms. The van der Waals surface area contributed by atoms with Gasteiger partial charge in [-0.3, -0.25) is 25.9 Å². The van der Waals surface area contributed by atoms with Crippen LogP contribution in [0.3, 0.4) is 0 Å². The Morgan fingerprint density at radius 2 is 2.10 bits per heavy atom. The number of aryl methyl sites for hydroxylation is 2. The Morgan fingerprint density at radius 1 is 1.45 bits per heavy atom. The quantitative estimate of drug-likeness (QED) is 0.339. The summed E-state index contributed by atoms with van der Waals surface area (Å²) >= 11 is 0. The average Bonchev–Trinajstić information content (AvgIpc) is 2.33. The van der Waals surface area contributed by atoms with Gasteiger partial charge in [0.25, 0.3) is 0 Å². The fourth-order valence-electron chi connectivity index (χ4n) is 1.70. The molecule has 0 amide bonds. The maximum Gasteiger partial charge on any atom is 0.306 e. The van der Waals surface area contributed by atoms with E-state index in [2.05, 4.69) is 4.98 Å². The van der Waals surface area contributed by atoms with E-state index in [-0.39, 0.29) is 18.2 Å². The first kappa shape index (κ1) is 16.1. The predicted molar refractivity (Wildman–Crippen MR) is 74.9 cm³/mol. The van der Waals surface area contributed by atoms with E-state index >= 15 is 0 Å². The molecule has 1 aromatic heterocycles. The number of esters is 1. The maximum atomic E-state index is 11.6. The molecule has 0 aliphatic heterocycles. The third-order valence-electron chi connectivity index (χ3n) is 2.53. The normalized spacial score (nSPS) is 11.1. The Morgan fingerprint density at radius 3 is 2.60 bits per heavy atom. The minimum absolute atomic E-state index is 0.103. The van der Waals surface area contributed by atoms with Crippen molar-refractivity contribution >= 4 is 11.8 Å². The molecule has 6 nitrogen and oxygen atoms in total. The molecule has 0 saturated heterocycles. The summed E-state index contributed by atoms with van der Waals surface area (Å²) < 4.78 is 5.23. The molecule has 1 rings (SSSR count). The number of nitrogens with zero attached hydrogens (tertiary/aromatic N) is 1. The Kier molecular flexibility index (Phi) is 5.21. The van der Waals surface area contributed by atoms with Crippen molar-refractivity contribution in [3.05, 3.63) is 29.1 Å². The number of rotatable bonds is 4. The highest BCUT2D eigenvalue weighted by molar-refractivity contribution is 5.96. The number of carbonyl (C=O) groups is 1. The van der Waals surface area contributed by atoms with Crippen LogP contribution in [-0.2, 0) is 16.0 Å². The zero-order valence-corrected chi connectivity index (χ0v) is 12.3. The van der Waals surface area contributed by atoms with E-state index < -0.39 is 5.60 Å². The first-order valence-electron chi connectivity index (χ1n) is 6.40. The standard InChI is InChI=1S/C14H21N3O3/c1-9-11(13(15)17-19)7-5-10(16-9)6-8-12(18)20-14(2,3)4/h5,7,19H,6,8H2,1-4H3,(H2,15,17). The summed E-state index contributed by atoms with van der Waals surface area (Å²) in [4.78, 5) is 15.9. The molecule has 0 saturated carbocycles. The maximum absolute atomic E-state index is 11.6. The van der Waals surface area contributed by atoms with Crippen LogP contribution in [-0.4, -0.2) is 27.6 Å². The van der Waals surface area contributed by atoms with Crippen LogP contribution in [0.25, 0.3) is 0 Å². The van der Waals surface area contributed by atoms with E-state index in [1.54, 1.807) is 24.5 Å². The van der Waals surface area contributed by atoms with Gasteiger partial charge in [0.1, 0.15) is 5.60 Å². The molecule has 1 heterocycles. The van der Waals surface area contributed by atoms with Crippen LogP contribution in [0.15, 0.2) is 12.1 Å². The van der Waals surface area contributed by atoms with Crippen molar-refractivity contribution in [1.29, 1.82) is 5.41 Å². The van der Waals surface area contributed by atoms with Crippen LogP contribution in [0.5, 0.6) is 0 Å². The largest absolute Gasteiger partial charge is 0.460 e. The van der Waals surface area contributed by atoms with Gasteiger partial charge in [-0.05, 0) is 39.8 Å². The first-order valence-corrected chi connectivity index (χ1v) is 6.40. The lowest BCUT2D eigenvalue weighted by atomic mass is 10.1. The zero-order valence-electron chi connectivity index (χ0n) is 12.3. The van der Waals surface area contributed by atoms with Crippen molar-refractivity contribution in [2.75, 3.05) is 0 Å². The first-order chi connectivity index (χ1) is 9.23. The van der Waals surface area contributed by atoms with E-state index in [0.717, 1.165) is 5.69 Å². The molecule has 0 aromatic carbocycles. The highest BCUT2D eigenvalue weighted by atomic mass is 16.6. The molecule has 110 valence electrons. The molecule has 1 aromatic rings. The molecule has 0 atom stereocenters. The molecule has 0 fully saturated rings. The second-order valence-corrected chi connectivity index (χ2v) is 5.51. The molecular formula is C14H21N3O3. The molecule has 6 heteroatoms. The van der Waals surface area contributed by atoms with Gasteiger partial charge in [0.2, 0.25) is 0 Å². The lowest BCUT2D eigenvalue weighted by Gasteiger charge is -2.19. The van der Waals surface area contributed by atoms with Crippen LogP contribution in [0.2, 0.25) is 0 Å². The van der Waals surface area contributed by atoms with E-state index in [1.165, 1.54) is 0 Å². The van der Waals surface area contributed by atoms with E-state index in [0.29, 0.717) is 17.7 Å². The number of aromatic nitrogens is 1.